The van der Waals surface area contributed by atoms with E-state index in [0.29, 0.717) is 13.1 Å². The maximum absolute atomic E-state index is 12.5. The molecule has 126 valence electrons. The van der Waals surface area contributed by atoms with Crippen molar-refractivity contribution in [3.05, 3.63) is 12.3 Å². The van der Waals surface area contributed by atoms with Gasteiger partial charge in [0, 0.05) is 45.3 Å². The Hall–Kier alpha value is -2.25. The third-order valence-corrected chi connectivity index (χ3v) is 4.63. The van der Waals surface area contributed by atoms with E-state index in [0.717, 1.165) is 31.7 Å². The number of carbonyl (C=O) groups is 2. The Balaban J connectivity index is 1.60. The van der Waals surface area contributed by atoms with Crippen LogP contribution in [0.3, 0.4) is 0 Å². The number of carbonyl (C=O) groups excluding carboxylic acids is 2. The fourth-order valence-corrected chi connectivity index (χ4v) is 3.30. The van der Waals surface area contributed by atoms with Gasteiger partial charge >= 0.3 is 6.03 Å². The Morgan fingerprint density at radius 1 is 1.43 bits per heavy atom. The van der Waals surface area contributed by atoms with Gasteiger partial charge in [-0.05, 0) is 19.8 Å². The maximum Gasteiger partial charge on any atom is 0.318 e. The predicted molar refractivity (Wildman–Crippen MR) is 86.2 cm³/mol. The molecule has 0 saturated carbocycles. The largest absolute Gasteiger partial charge is 0.355 e. The molecule has 8 heteroatoms. The molecular formula is C15H24N6O2. The smallest absolute Gasteiger partial charge is 0.318 e. The lowest BCUT2D eigenvalue weighted by atomic mass is 10.1. The second-order valence-corrected chi connectivity index (χ2v) is 6.21. The summed E-state index contributed by atoms with van der Waals surface area (Å²) in [5, 5.41) is 10.1. The third-order valence-electron chi connectivity index (χ3n) is 4.63. The van der Waals surface area contributed by atoms with Crippen LogP contribution >= 0.6 is 0 Å². The maximum atomic E-state index is 12.5. The minimum Gasteiger partial charge on any atom is -0.355 e. The number of rotatable bonds is 2. The van der Waals surface area contributed by atoms with Crippen LogP contribution in [-0.4, -0.2) is 64.9 Å². The van der Waals surface area contributed by atoms with Gasteiger partial charge in [-0.15, -0.1) is 0 Å². The first-order valence-corrected chi connectivity index (χ1v) is 8.14. The summed E-state index contributed by atoms with van der Waals surface area (Å²) in [7, 11) is 1.92. The van der Waals surface area contributed by atoms with Crippen molar-refractivity contribution >= 4 is 17.8 Å². The molecule has 3 rings (SSSR count). The number of hydrogen-bond acceptors (Lipinski definition) is 4. The van der Waals surface area contributed by atoms with Crippen molar-refractivity contribution in [2.75, 3.05) is 31.1 Å². The Kier molecular flexibility index (Phi) is 4.40. The lowest BCUT2D eigenvalue weighted by Gasteiger charge is -2.37. The first-order chi connectivity index (χ1) is 11.1. The minimum absolute atomic E-state index is 0.0864. The van der Waals surface area contributed by atoms with Crippen molar-refractivity contribution in [2.45, 2.75) is 31.8 Å². The third kappa shape index (κ3) is 3.25. The van der Waals surface area contributed by atoms with Crippen LogP contribution in [0.5, 0.6) is 0 Å². The van der Waals surface area contributed by atoms with Gasteiger partial charge in [0.05, 0.1) is 6.20 Å². The number of urea groups is 1. The number of aromatic nitrogens is 2. The Morgan fingerprint density at radius 2 is 2.26 bits per heavy atom. The Labute approximate surface area is 135 Å². The van der Waals surface area contributed by atoms with E-state index in [4.69, 9.17) is 0 Å². The van der Waals surface area contributed by atoms with Crippen molar-refractivity contribution in [3.63, 3.8) is 0 Å². The highest BCUT2D eigenvalue weighted by Crippen LogP contribution is 2.19. The van der Waals surface area contributed by atoms with Crippen LogP contribution in [0.1, 0.15) is 19.8 Å². The number of amides is 3. The molecule has 2 fully saturated rings. The predicted octanol–water partition coefficient (Wildman–Crippen LogP) is -0.0812. The van der Waals surface area contributed by atoms with E-state index in [1.54, 1.807) is 18.0 Å². The zero-order chi connectivity index (χ0) is 16.4. The lowest BCUT2D eigenvalue weighted by Crippen LogP contribution is -2.60. The van der Waals surface area contributed by atoms with Gasteiger partial charge in [-0.1, -0.05) is 0 Å². The lowest BCUT2D eigenvalue weighted by molar-refractivity contribution is -0.126. The molecule has 0 aromatic carbocycles. The summed E-state index contributed by atoms with van der Waals surface area (Å²) in [6, 6.07) is 1.51. The fourth-order valence-electron chi connectivity index (χ4n) is 3.30. The molecule has 0 radical (unpaired) electrons. The highest BCUT2D eigenvalue weighted by molar-refractivity contribution is 5.88. The summed E-state index contributed by atoms with van der Waals surface area (Å²) >= 11 is 0. The van der Waals surface area contributed by atoms with Crippen molar-refractivity contribution in [1.29, 1.82) is 0 Å². The van der Waals surface area contributed by atoms with Crippen LogP contribution in [0.25, 0.3) is 0 Å². The normalized spacial score (nSPS) is 25.2. The first kappa shape index (κ1) is 15.6. The van der Waals surface area contributed by atoms with Crippen molar-refractivity contribution in [2.24, 2.45) is 7.05 Å². The van der Waals surface area contributed by atoms with E-state index in [-0.39, 0.29) is 18.0 Å². The van der Waals surface area contributed by atoms with E-state index in [2.05, 4.69) is 20.6 Å². The number of aryl methyl sites for hydroxylation is 1. The van der Waals surface area contributed by atoms with Gasteiger partial charge in [0.25, 0.3) is 0 Å². The summed E-state index contributed by atoms with van der Waals surface area (Å²) < 4.78 is 1.85. The molecule has 3 amide bonds. The molecule has 0 aliphatic carbocycles. The Bertz CT molecular complexity index is 586. The second kappa shape index (κ2) is 6.47. The number of nitrogens with zero attached hydrogens (tertiary/aromatic N) is 4. The number of hydrogen-bond donors (Lipinski definition) is 2. The SMILES string of the molecule is C[C@@H]1C(=O)NCCN1C(=O)N[C@H]1CCCN(c2ccnn2C)C1. The summed E-state index contributed by atoms with van der Waals surface area (Å²) in [4.78, 5) is 28.0. The van der Waals surface area contributed by atoms with Gasteiger partial charge in [0.1, 0.15) is 11.9 Å². The zero-order valence-electron chi connectivity index (χ0n) is 13.7. The van der Waals surface area contributed by atoms with E-state index in [1.807, 2.05) is 17.8 Å². The van der Waals surface area contributed by atoms with Gasteiger partial charge in [0.2, 0.25) is 5.91 Å². The zero-order valence-corrected chi connectivity index (χ0v) is 13.7. The quantitative estimate of drug-likeness (QED) is 0.798. The fraction of sp³-hybridized carbons (Fsp3) is 0.667. The number of piperidine rings is 1. The summed E-state index contributed by atoms with van der Waals surface area (Å²) in [5.74, 6) is 0.973. The van der Waals surface area contributed by atoms with Crippen LogP contribution in [0, 0.1) is 0 Å². The van der Waals surface area contributed by atoms with Crippen LogP contribution in [0.15, 0.2) is 12.3 Å². The topological polar surface area (TPSA) is 82.5 Å². The average Bonchev–Trinajstić information content (AvgIpc) is 2.96. The first-order valence-electron chi connectivity index (χ1n) is 8.14. The van der Waals surface area contributed by atoms with E-state index in [9.17, 15) is 9.59 Å². The van der Waals surface area contributed by atoms with Gasteiger partial charge in [-0.2, -0.15) is 5.10 Å². The second-order valence-electron chi connectivity index (χ2n) is 6.21. The van der Waals surface area contributed by atoms with Crippen LogP contribution in [0.2, 0.25) is 0 Å². The molecule has 2 N–H and O–H groups in total. The molecule has 2 aliphatic heterocycles. The molecule has 0 spiro atoms. The molecule has 2 saturated heterocycles. The van der Waals surface area contributed by atoms with Gasteiger partial charge in [-0.3, -0.25) is 9.48 Å². The summed E-state index contributed by atoms with van der Waals surface area (Å²) in [5.41, 5.74) is 0. The van der Waals surface area contributed by atoms with Gasteiger partial charge < -0.3 is 20.4 Å². The monoisotopic (exact) mass is 320 g/mol. The average molecular weight is 320 g/mol. The Morgan fingerprint density at radius 3 is 3.00 bits per heavy atom. The molecule has 2 atom stereocenters. The van der Waals surface area contributed by atoms with Crippen LogP contribution in [0.4, 0.5) is 10.6 Å². The highest BCUT2D eigenvalue weighted by atomic mass is 16.2. The van der Waals surface area contributed by atoms with Crippen molar-refractivity contribution in [1.82, 2.24) is 25.3 Å². The molecular weight excluding hydrogens is 296 g/mol. The molecule has 0 bridgehead atoms. The standard InChI is InChI=1S/C15H24N6O2/c1-11-14(22)16-7-9-21(11)15(23)18-12-4-3-8-20(10-12)13-5-6-17-19(13)2/h5-6,11-12H,3-4,7-10H2,1-2H3,(H,16,22)(H,18,23)/t11-,12+/m1/s1. The number of anilines is 1. The van der Waals surface area contributed by atoms with Gasteiger partial charge in [0.15, 0.2) is 0 Å². The van der Waals surface area contributed by atoms with Gasteiger partial charge in [-0.25, -0.2) is 4.79 Å². The van der Waals surface area contributed by atoms with Crippen molar-refractivity contribution in [3.8, 4) is 0 Å². The highest BCUT2D eigenvalue weighted by Gasteiger charge is 2.31. The minimum atomic E-state index is -0.416. The van der Waals surface area contributed by atoms with Crippen LogP contribution < -0.4 is 15.5 Å². The van der Waals surface area contributed by atoms with Crippen molar-refractivity contribution < 1.29 is 9.59 Å². The molecule has 0 unspecified atom stereocenters. The molecule has 8 nitrogen and oxygen atoms in total. The summed E-state index contributed by atoms with van der Waals surface area (Å²) in [6.07, 6.45) is 3.76. The summed E-state index contributed by atoms with van der Waals surface area (Å²) in [6.45, 7) is 4.56. The van der Waals surface area contributed by atoms with E-state index < -0.39 is 6.04 Å². The molecule has 3 heterocycles. The molecule has 23 heavy (non-hydrogen) atoms. The number of piperazine rings is 1. The molecule has 1 aromatic heterocycles. The number of nitrogens with one attached hydrogen (secondary N) is 2. The van der Waals surface area contributed by atoms with Crippen LogP contribution in [-0.2, 0) is 11.8 Å². The molecule has 1 aromatic rings. The molecule has 2 aliphatic rings. The van der Waals surface area contributed by atoms with E-state index in [1.165, 1.54) is 0 Å². The van der Waals surface area contributed by atoms with E-state index >= 15 is 0 Å².